The fourth-order valence-corrected chi connectivity index (χ4v) is 5.11. The van der Waals surface area contributed by atoms with Crippen molar-refractivity contribution in [2.45, 2.75) is 18.9 Å². The van der Waals surface area contributed by atoms with E-state index in [0.29, 0.717) is 16.8 Å². The molecule has 0 saturated carbocycles. The number of pyridine rings is 1. The zero-order valence-corrected chi connectivity index (χ0v) is 18.1. The number of hydrogen-bond acceptors (Lipinski definition) is 6. The third-order valence-corrected chi connectivity index (χ3v) is 6.59. The number of halogens is 3. The highest BCUT2D eigenvalue weighted by atomic mass is 35.5. The van der Waals surface area contributed by atoms with Crippen LogP contribution in [0.5, 0.6) is 0 Å². The van der Waals surface area contributed by atoms with Gasteiger partial charge in [-0.15, -0.1) is 0 Å². The van der Waals surface area contributed by atoms with E-state index >= 15 is 0 Å². The van der Waals surface area contributed by atoms with Crippen LogP contribution in [0.2, 0.25) is 9.36 Å². The Labute approximate surface area is 180 Å². The fourth-order valence-electron chi connectivity index (χ4n) is 2.45. The van der Waals surface area contributed by atoms with Gasteiger partial charge in [0.25, 0.3) is 10.0 Å². The van der Waals surface area contributed by atoms with Gasteiger partial charge in [0.2, 0.25) is 5.91 Å². The lowest BCUT2D eigenvalue weighted by Crippen LogP contribution is -2.16. The summed E-state index contributed by atoms with van der Waals surface area (Å²) >= 11 is 12.9. The van der Waals surface area contributed by atoms with Crippen molar-refractivity contribution < 1.29 is 17.6 Å². The lowest BCUT2D eigenvalue weighted by Gasteiger charge is -2.09. The highest BCUT2D eigenvalue weighted by Gasteiger charge is 2.22. The van der Waals surface area contributed by atoms with Crippen molar-refractivity contribution in [3.8, 4) is 11.3 Å². The molecule has 0 aliphatic rings. The maximum absolute atomic E-state index is 13.4. The molecule has 3 rings (SSSR count). The minimum Gasteiger partial charge on any atom is -0.325 e. The Morgan fingerprint density at radius 1 is 1.24 bits per heavy atom. The number of aromatic nitrogens is 2. The first-order chi connectivity index (χ1) is 13.6. The summed E-state index contributed by atoms with van der Waals surface area (Å²) in [4.78, 5) is 19.2. The molecule has 0 saturated heterocycles. The van der Waals surface area contributed by atoms with Gasteiger partial charge >= 0.3 is 0 Å². The van der Waals surface area contributed by atoms with Crippen LogP contribution in [0.4, 0.5) is 15.2 Å². The Bertz CT molecular complexity index is 1220. The molecule has 2 heterocycles. The van der Waals surface area contributed by atoms with Gasteiger partial charge in [0.05, 0.1) is 16.9 Å². The molecule has 12 heteroatoms. The van der Waals surface area contributed by atoms with E-state index in [0.717, 1.165) is 11.3 Å². The Kier molecular flexibility index (Phi) is 6.08. The van der Waals surface area contributed by atoms with Crippen LogP contribution in [0.1, 0.15) is 12.5 Å². The van der Waals surface area contributed by atoms with E-state index in [9.17, 15) is 17.6 Å². The van der Waals surface area contributed by atoms with Gasteiger partial charge in [-0.3, -0.25) is 9.52 Å². The van der Waals surface area contributed by atoms with Gasteiger partial charge in [0, 0.05) is 12.5 Å². The normalized spacial score (nSPS) is 11.3. The molecule has 0 spiro atoms. The van der Waals surface area contributed by atoms with Crippen molar-refractivity contribution in [2.75, 3.05) is 10.0 Å². The maximum atomic E-state index is 13.4. The maximum Gasteiger partial charge on any atom is 0.281 e. The molecule has 7 nitrogen and oxygen atoms in total. The number of nitrogens with zero attached hydrogens (tertiary/aromatic N) is 2. The lowest BCUT2D eigenvalue weighted by molar-refractivity contribution is -0.114. The predicted molar refractivity (Wildman–Crippen MR) is 112 cm³/mol. The summed E-state index contributed by atoms with van der Waals surface area (Å²) in [6.07, 6.45) is 1.24. The molecular formula is C17H13Cl2FN4O3S2. The summed E-state index contributed by atoms with van der Waals surface area (Å²) in [6, 6.07) is 5.44. The second-order valence-electron chi connectivity index (χ2n) is 5.90. The van der Waals surface area contributed by atoms with Crippen LogP contribution >= 0.6 is 34.5 Å². The number of carbonyl (C=O) groups is 1. The molecule has 3 aromatic rings. The zero-order valence-electron chi connectivity index (χ0n) is 15.0. The van der Waals surface area contributed by atoms with Gasteiger partial charge in [-0.05, 0) is 36.8 Å². The van der Waals surface area contributed by atoms with Crippen molar-refractivity contribution in [3.63, 3.8) is 0 Å². The van der Waals surface area contributed by atoms with E-state index in [-0.39, 0.29) is 31.1 Å². The quantitative estimate of drug-likeness (QED) is 0.556. The number of sulfonamides is 1. The number of amides is 1. The molecule has 0 unspecified atom stereocenters. The molecule has 0 fully saturated rings. The topological polar surface area (TPSA) is 101 Å². The fraction of sp³-hybridized carbons (Fsp3) is 0.118. The molecule has 29 heavy (non-hydrogen) atoms. The second kappa shape index (κ2) is 8.23. The summed E-state index contributed by atoms with van der Waals surface area (Å²) in [5, 5.41) is 2.22. The van der Waals surface area contributed by atoms with Gasteiger partial charge in [0.1, 0.15) is 15.8 Å². The first-order valence-corrected chi connectivity index (χ1v) is 11.0. The van der Waals surface area contributed by atoms with Gasteiger partial charge in [0.15, 0.2) is 10.2 Å². The van der Waals surface area contributed by atoms with Crippen LogP contribution in [0, 0.1) is 12.7 Å². The predicted octanol–water partition coefficient (Wildman–Crippen LogP) is 4.72. The van der Waals surface area contributed by atoms with Gasteiger partial charge in [-0.1, -0.05) is 34.5 Å². The summed E-state index contributed by atoms with van der Waals surface area (Å²) in [5.41, 5.74) is 1.41. The molecule has 0 aliphatic heterocycles. The zero-order chi connectivity index (χ0) is 21.3. The van der Waals surface area contributed by atoms with Crippen molar-refractivity contribution >= 4 is 61.3 Å². The number of hydrogen-bond donors (Lipinski definition) is 2. The average molecular weight is 475 g/mol. The number of thiazole rings is 1. The molecule has 0 bridgehead atoms. The van der Waals surface area contributed by atoms with Crippen LogP contribution in [-0.2, 0) is 14.8 Å². The summed E-state index contributed by atoms with van der Waals surface area (Å²) in [7, 11) is -4.06. The molecule has 0 atom stereocenters. The van der Waals surface area contributed by atoms with E-state index in [1.54, 1.807) is 6.92 Å². The summed E-state index contributed by atoms with van der Waals surface area (Å²) < 4.78 is 41.3. The van der Waals surface area contributed by atoms with Crippen LogP contribution < -0.4 is 10.0 Å². The number of carbonyl (C=O) groups excluding carboxylic acids is 1. The SMILES string of the molecule is CC(=O)Nc1cnc(S(=O)(=O)Nc2nc(-c3ccc(F)c(Cl)c3)c(Cl)s2)c(C)c1. The van der Waals surface area contributed by atoms with Crippen molar-refractivity contribution in [2.24, 2.45) is 0 Å². The van der Waals surface area contributed by atoms with Crippen LogP contribution in [-0.4, -0.2) is 24.3 Å². The third-order valence-electron chi connectivity index (χ3n) is 3.61. The minimum absolute atomic E-state index is 0.0117. The first kappa shape index (κ1) is 21.4. The van der Waals surface area contributed by atoms with E-state index in [1.807, 2.05) is 0 Å². The Morgan fingerprint density at radius 2 is 1.97 bits per heavy atom. The molecule has 2 aromatic heterocycles. The highest BCUT2D eigenvalue weighted by molar-refractivity contribution is 7.92. The molecule has 0 aliphatic carbocycles. The van der Waals surface area contributed by atoms with E-state index in [4.69, 9.17) is 23.2 Å². The number of aryl methyl sites for hydroxylation is 1. The third kappa shape index (κ3) is 4.84. The molecule has 1 aromatic carbocycles. The van der Waals surface area contributed by atoms with Gasteiger partial charge in [-0.25, -0.2) is 14.4 Å². The summed E-state index contributed by atoms with van der Waals surface area (Å²) in [5.74, 6) is -0.891. The second-order valence-corrected chi connectivity index (χ2v) is 9.51. The van der Waals surface area contributed by atoms with Gasteiger partial charge < -0.3 is 5.32 Å². The first-order valence-electron chi connectivity index (χ1n) is 7.95. The van der Waals surface area contributed by atoms with E-state index in [2.05, 4.69) is 20.0 Å². The van der Waals surface area contributed by atoms with Crippen LogP contribution in [0.15, 0.2) is 35.5 Å². The van der Waals surface area contributed by atoms with E-state index in [1.165, 1.54) is 37.4 Å². The number of rotatable bonds is 5. The monoisotopic (exact) mass is 474 g/mol. The largest absolute Gasteiger partial charge is 0.325 e. The number of benzene rings is 1. The molecule has 2 N–H and O–H groups in total. The van der Waals surface area contributed by atoms with Crippen LogP contribution in [0.25, 0.3) is 11.3 Å². The Balaban J connectivity index is 1.89. The Hall–Kier alpha value is -2.27. The average Bonchev–Trinajstić information content (AvgIpc) is 2.96. The van der Waals surface area contributed by atoms with Crippen molar-refractivity contribution in [3.05, 3.63) is 51.2 Å². The summed E-state index contributed by atoms with van der Waals surface area (Å²) in [6.45, 7) is 2.88. The standard InChI is InChI=1S/C17H13Cl2FN4O3S2/c1-8-5-11(22-9(2)25)7-21-16(8)29(26,27)24-17-23-14(15(19)28-17)10-3-4-13(20)12(18)6-10/h3-7H,1-2H3,(H,22,25)(H,23,24). The highest BCUT2D eigenvalue weighted by Crippen LogP contribution is 2.37. The van der Waals surface area contributed by atoms with Gasteiger partial charge in [-0.2, -0.15) is 8.42 Å². The van der Waals surface area contributed by atoms with E-state index < -0.39 is 15.8 Å². The van der Waals surface area contributed by atoms with Crippen molar-refractivity contribution in [1.29, 1.82) is 0 Å². The molecule has 0 radical (unpaired) electrons. The smallest absolute Gasteiger partial charge is 0.281 e. The minimum atomic E-state index is -4.06. The Morgan fingerprint density at radius 3 is 2.59 bits per heavy atom. The molecule has 1 amide bonds. The van der Waals surface area contributed by atoms with Crippen LogP contribution in [0.3, 0.4) is 0 Å². The molecule has 152 valence electrons. The number of nitrogens with one attached hydrogen (secondary N) is 2. The van der Waals surface area contributed by atoms with Crippen molar-refractivity contribution in [1.82, 2.24) is 9.97 Å². The molecular weight excluding hydrogens is 462 g/mol. The number of anilines is 2. The lowest BCUT2D eigenvalue weighted by atomic mass is 10.2.